The summed E-state index contributed by atoms with van der Waals surface area (Å²) in [6.45, 7) is 11.8. The molecule has 4 atom stereocenters. The predicted molar refractivity (Wildman–Crippen MR) is 66.6 cm³/mol. The lowest BCUT2D eigenvalue weighted by Crippen LogP contribution is -2.28. The van der Waals surface area contributed by atoms with Gasteiger partial charge in [-0.3, -0.25) is 4.79 Å². The molecule has 1 saturated heterocycles. The second kappa shape index (κ2) is 3.67. The molecule has 0 aromatic rings. The highest BCUT2D eigenvalue weighted by Crippen LogP contribution is 2.50. The van der Waals surface area contributed by atoms with Gasteiger partial charge in [-0.25, -0.2) is 4.79 Å². The Balaban J connectivity index is 2.04. The molecule has 1 heterocycles. The number of hydrogen-bond donors (Lipinski definition) is 0. The van der Waals surface area contributed by atoms with Crippen LogP contribution in [0.1, 0.15) is 19.3 Å². The molecule has 2 unspecified atom stereocenters. The number of ether oxygens (including phenoxy) is 1. The van der Waals surface area contributed by atoms with Gasteiger partial charge in [0, 0.05) is 23.8 Å². The monoisotopic (exact) mass is 244 g/mol. The fourth-order valence-corrected chi connectivity index (χ4v) is 3.53. The first kappa shape index (κ1) is 11.5. The lowest BCUT2D eigenvalue weighted by atomic mass is 9.82. The minimum atomic E-state index is -0.316. The van der Waals surface area contributed by atoms with Gasteiger partial charge in [0.2, 0.25) is 0 Å². The van der Waals surface area contributed by atoms with Crippen molar-refractivity contribution in [3.8, 4) is 0 Å². The van der Waals surface area contributed by atoms with Gasteiger partial charge < -0.3 is 4.74 Å². The van der Waals surface area contributed by atoms with Gasteiger partial charge in [0.05, 0.1) is 0 Å². The number of ketones is 1. The standard InChI is InChI=1S/C15H16O3/c1-7-4-5-10-8(2)15(17)18-14(10)13-9(3)12(16)6-11(7)13/h10-11,13-14H,1-6H2/t10-,11?,13?,14-/m0/s1. The summed E-state index contributed by atoms with van der Waals surface area (Å²) in [5.74, 6) is -0.199. The van der Waals surface area contributed by atoms with E-state index < -0.39 is 0 Å². The summed E-state index contributed by atoms with van der Waals surface area (Å²) in [6.07, 6.45) is 1.88. The molecule has 0 aromatic heterocycles. The van der Waals surface area contributed by atoms with Crippen LogP contribution in [0.5, 0.6) is 0 Å². The van der Waals surface area contributed by atoms with Gasteiger partial charge >= 0.3 is 5.97 Å². The number of carbonyl (C=O) groups is 2. The van der Waals surface area contributed by atoms with E-state index in [-0.39, 0.29) is 35.6 Å². The van der Waals surface area contributed by atoms with Crippen LogP contribution in [0.15, 0.2) is 36.5 Å². The lowest BCUT2D eigenvalue weighted by Gasteiger charge is -2.25. The van der Waals surface area contributed by atoms with E-state index in [0.717, 1.165) is 18.4 Å². The second-order valence-corrected chi connectivity index (χ2v) is 5.48. The highest BCUT2D eigenvalue weighted by molar-refractivity contribution is 5.99. The van der Waals surface area contributed by atoms with E-state index in [2.05, 4.69) is 19.7 Å². The molecule has 0 radical (unpaired) electrons. The fourth-order valence-electron chi connectivity index (χ4n) is 3.53. The van der Waals surface area contributed by atoms with E-state index in [0.29, 0.717) is 17.6 Å². The molecule has 3 rings (SSSR count). The van der Waals surface area contributed by atoms with Gasteiger partial charge in [-0.1, -0.05) is 25.3 Å². The van der Waals surface area contributed by atoms with Crippen LogP contribution in [0.3, 0.4) is 0 Å². The van der Waals surface area contributed by atoms with E-state index in [1.54, 1.807) is 0 Å². The summed E-state index contributed by atoms with van der Waals surface area (Å²) >= 11 is 0. The molecule has 2 aliphatic carbocycles. The molecule has 1 aliphatic heterocycles. The highest BCUT2D eigenvalue weighted by atomic mass is 16.6. The van der Waals surface area contributed by atoms with Crippen molar-refractivity contribution in [3.05, 3.63) is 36.5 Å². The first-order valence-electron chi connectivity index (χ1n) is 6.30. The normalized spacial score (nSPS) is 39.4. The van der Waals surface area contributed by atoms with Crippen LogP contribution in [0.4, 0.5) is 0 Å². The molecule has 2 saturated carbocycles. The van der Waals surface area contributed by atoms with Crippen molar-refractivity contribution < 1.29 is 14.3 Å². The van der Waals surface area contributed by atoms with E-state index in [4.69, 9.17) is 4.74 Å². The Morgan fingerprint density at radius 1 is 1.06 bits per heavy atom. The zero-order chi connectivity index (χ0) is 13.0. The number of Topliss-reactive ketones (excluding diaryl/α,β-unsaturated/α-hetero) is 1. The lowest BCUT2D eigenvalue weighted by molar-refractivity contribution is -0.141. The van der Waals surface area contributed by atoms with Gasteiger partial charge in [0.25, 0.3) is 0 Å². The maximum Gasteiger partial charge on any atom is 0.334 e. The smallest absolute Gasteiger partial charge is 0.334 e. The van der Waals surface area contributed by atoms with Crippen molar-refractivity contribution >= 4 is 11.8 Å². The SMILES string of the molecule is C=C1CC[C@H]2C(=C)C(=O)O[C@@H]2C2C(=C)C(=O)CC12. The second-order valence-electron chi connectivity index (χ2n) is 5.48. The molecular weight excluding hydrogens is 228 g/mol. The topological polar surface area (TPSA) is 43.4 Å². The molecular formula is C15H16O3. The number of allylic oxidation sites excluding steroid dienone is 1. The third-order valence-corrected chi connectivity index (χ3v) is 4.60. The maximum atomic E-state index is 11.8. The number of esters is 1. The number of carbonyl (C=O) groups excluding carboxylic acids is 2. The van der Waals surface area contributed by atoms with Crippen molar-refractivity contribution in [2.24, 2.45) is 17.8 Å². The predicted octanol–water partition coefficient (Wildman–Crippen LogP) is 2.20. The van der Waals surface area contributed by atoms with Crippen molar-refractivity contribution in [1.82, 2.24) is 0 Å². The van der Waals surface area contributed by atoms with Gasteiger partial charge in [-0.05, 0) is 24.3 Å². The summed E-state index contributed by atoms with van der Waals surface area (Å²) in [5.41, 5.74) is 2.23. The largest absolute Gasteiger partial charge is 0.458 e. The van der Waals surface area contributed by atoms with Crippen LogP contribution in [-0.4, -0.2) is 17.9 Å². The summed E-state index contributed by atoms with van der Waals surface area (Å²) in [7, 11) is 0. The Bertz CT molecular complexity index is 500. The number of rotatable bonds is 0. The fraction of sp³-hybridized carbons (Fsp3) is 0.467. The van der Waals surface area contributed by atoms with Crippen LogP contribution >= 0.6 is 0 Å². The zero-order valence-corrected chi connectivity index (χ0v) is 10.3. The van der Waals surface area contributed by atoms with E-state index in [1.807, 2.05) is 0 Å². The van der Waals surface area contributed by atoms with Crippen LogP contribution in [0.25, 0.3) is 0 Å². The van der Waals surface area contributed by atoms with E-state index in [1.165, 1.54) is 0 Å². The van der Waals surface area contributed by atoms with E-state index >= 15 is 0 Å². The Morgan fingerprint density at radius 3 is 2.50 bits per heavy atom. The first-order valence-corrected chi connectivity index (χ1v) is 6.30. The number of hydrogen-bond acceptors (Lipinski definition) is 3. The third-order valence-electron chi connectivity index (χ3n) is 4.60. The van der Waals surface area contributed by atoms with Crippen LogP contribution in [-0.2, 0) is 14.3 Å². The zero-order valence-electron chi connectivity index (χ0n) is 10.3. The molecule has 94 valence electrons. The molecule has 3 nitrogen and oxygen atoms in total. The van der Waals surface area contributed by atoms with Crippen molar-refractivity contribution in [2.75, 3.05) is 0 Å². The van der Waals surface area contributed by atoms with Crippen molar-refractivity contribution in [3.63, 3.8) is 0 Å². The molecule has 18 heavy (non-hydrogen) atoms. The Morgan fingerprint density at radius 2 is 1.78 bits per heavy atom. The van der Waals surface area contributed by atoms with Crippen LogP contribution in [0.2, 0.25) is 0 Å². The summed E-state index contributed by atoms with van der Waals surface area (Å²) in [5, 5.41) is 0. The number of fused-ring (bicyclic) bond motifs is 3. The van der Waals surface area contributed by atoms with Crippen LogP contribution < -0.4 is 0 Å². The molecule has 0 bridgehead atoms. The maximum absolute atomic E-state index is 11.8. The summed E-state index contributed by atoms with van der Waals surface area (Å²) < 4.78 is 5.45. The average molecular weight is 244 g/mol. The molecule has 0 aromatic carbocycles. The van der Waals surface area contributed by atoms with Gasteiger partial charge in [-0.2, -0.15) is 0 Å². The van der Waals surface area contributed by atoms with E-state index in [9.17, 15) is 9.59 Å². The minimum Gasteiger partial charge on any atom is -0.458 e. The highest BCUT2D eigenvalue weighted by Gasteiger charge is 2.52. The molecule has 0 N–H and O–H groups in total. The molecule has 3 fully saturated rings. The van der Waals surface area contributed by atoms with Crippen LogP contribution in [0, 0.1) is 17.8 Å². The van der Waals surface area contributed by atoms with Gasteiger partial charge in [0.15, 0.2) is 5.78 Å². The Kier molecular flexibility index (Phi) is 2.34. The first-order chi connectivity index (χ1) is 8.50. The van der Waals surface area contributed by atoms with Gasteiger partial charge in [-0.15, -0.1) is 0 Å². The average Bonchev–Trinajstić information content (AvgIpc) is 2.72. The van der Waals surface area contributed by atoms with Crippen molar-refractivity contribution in [1.29, 1.82) is 0 Å². The Hall–Kier alpha value is -1.64. The summed E-state index contributed by atoms with van der Waals surface area (Å²) in [4.78, 5) is 23.5. The molecule has 0 amide bonds. The minimum absolute atomic E-state index is 0.0203. The molecule has 3 heteroatoms. The summed E-state index contributed by atoms with van der Waals surface area (Å²) in [6, 6.07) is 0. The Labute approximate surface area is 106 Å². The molecule has 0 spiro atoms. The van der Waals surface area contributed by atoms with Gasteiger partial charge in [0.1, 0.15) is 6.10 Å². The quantitative estimate of drug-likeness (QED) is 0.373. The molecule has 3 aliphatic rings. The third kappa shape index (κ3) is 1.36. The van der Waals surface area contributed by atoms with Crippen molar-refractivity contribution in [2.45, 2.75) is 25.4 Å².